The van der Waals surface area contributed by atoms with Gasteiger partial charge in [-0.05, 0) is 36.4 Å². The summed E-state index contributed by atoms with van der Waals surface area (Å²) in [6, 6.07) is 14.1. The molecule has 0 fully saturated rings. The Morgan fingerprint density at radius 3 is 2.70 bits per heavy atom. The maximum absolute atomic E-state index is 12.4. The van der Waals surface area contributed by atoms with Gasteiger partial charge < -0.3 is 14.5 Å². The maximum Gasteiger partial charge on any atom is 0.278 e. The number of oxazole rings is 1. The molecule has 5 nitrogen and oxygen atoms in total. The Bertz CT molecular complexity index is 828. The van der Waals surface area contributed by atoms with Crippen LogP contribution in [0.15, 0.2) is 59.3 Å². The molecule has 1 aromatic heterocycles. The average molecular weight is 329 g/mol. The molecule has 3 rings (SSSR count). The van der Waals surface area contributed by atoms with Crippen LogP contribution in [0.2, 0.25) is 5.02 Å². The van der Waals surface area contributed by atoms with Crippen molar-refractivity contribution in [2.75, 3.05) is 12.4 Å². The van der Waals surface area contributed by atoms with Gasteiger partial charge in [0.2, 0.25) is 0 Å². The fraction of sp³-hybridized carbons (Fsp3) is 0.0588. The molecule has 0 bridgehead atoms. The molecular weight excluding hydrogens is 316 g/mol. The second kappa shape index (κ2) is 6.54. The highest BCUT2D eigenvalue weighted by Crippen LogP contribution is 2.26. The minimum Gasteiger partial charge on any atom is -0.497 e. The van der Waals surface area contributed by atoms with E-state index in [1.807, 2.05) is 0 Å². The smallest absolute Gasteiger partial charge is 0.278 e. The lowest BCUT2D eigenvalue weighted by molar-refractivity contribution is 0.102. The van der Waals surface area contributed by atoms with Gasteiger partial charge in [-0.1, -0.05) is 23.7 Å². The number of carbonyl (C=O) groups excluding carboxylic acids is 1. The molecule has 6 heteroatoms. The highest BCUT2D eigenvalue weighted by Gasteiger charge is 2.18. The summed E-state index contributed by atoms with van der Waals surface area (Å²) >= 11 is 5.98. The van der Waals surface area contributed by atoms with Gasteiger partial charge >= 0.3 is 0 Å². The topological polar surface area (TPSA) is 64.4 Å². The number of anilines is 1. The summed E-state index contributed by atoms with van der Waals surface area (Å²) in [4.78, 5) is 16.4. The molecule has 2 aromatic carbocycles. The zero-order chi connectivity index (χ0) is 16.2. The zero-order valence-electron chi connectivity index (χ0n) is 12.2. The van der Waals surface area contributed by atoms with Crippen LogP contribution in [0.5, 0.6) is 5.75 Å². The molecule has 0 aliphatic carbocycles. The second-order valence-corrected chi connectivity index (χ2v) is 5.16. The summed E-state index contributed by atoms with van der Waals surface area (Å²) in [7, 11) is 1.58. The van der Waals surface area contributed by atoms with E-state index in [0.717, 1.165) is 0 Å². The Morgan fingerprint density at radius 2 is 2.00 bits per heavy atom. The van der Waals surface area contributed by atoms with Crippen LogP contribution in [-0.2, 0) is 0 Å². The molecule has 0 atom stereocenters. The first kappa shape index (κ1) is 15.1. The van der Waals surface area contributed by atoms with Crippen molar-refractivity contribution in [2.24, 2.45) is 0 Å². The predicted octanol–water partition coefficient (Wildman–Crippen LogP) is 4.26. The first-order valence-corrected chi connectivity index (χ1v) is 7.20. The number of rotatable bonds is 4. The van der Waals surface area contributed by atoms with Gasteiger partial charge in [0.25, 0.3) is 5.91 Å². The monoisotopic (exact) mass is 328 g/mol. The van der Waals surface area contributed by atoms with Crippen molar-refractivity contribution in [1.82, 2.24) is 4.98 Å². The molecule has 0 aliphatic heterocycles. The van der Waals surface area contributed by atoms with E-state index >= 15 is 0 Å². The number of ether oxygens (including phenoxy) is 1. The van der Waals surface area contributed by atoms with Crippen molar-refractivity contribution in [3.8, 4) is 17.1 Å². The molecule has 1 N–H and O–H groups in total. The third-order valence-corrected chi connectivity index (χ3v) is 3.45. The predicted molar refractivity (Wildman–Crippen MR) is 87.9 cm³/mol. The molecule has 0 aliphatic rings. The number of aromatic nitrogens is 1. The largest absolute Gasteiger partial charge is 0.497 e. The first-order chi connectivity index (χ1) is 11.2. The molecule has 3 aromatic rings. The van der Waals surface area contributed by atoms with E-state index in [2.05, 4.69) is 10.3 Å². The molecule has 0 saturated carbocycles. The molecule has 1 amide bonds. The van der Waals surface area contributed by atoms with Gasteiger partial charge in [-0.2, -0.15) is 0 Å². The van der Waals surface area contributed by atoms with Crippen molar-refractivity contribution in [3.63, 3.8) is 0 Å². The molecule has 0 radical (unpaired) electrons. The van der Waals surface area contributed by atoms with Gasteiger partial charge in [0.15, 0.2) is 17.8 Å². The van der Waals surface area contributed by atoms with Crippen molar-refractivity contribution in [1.29, 1.82) is 0 Å². The first-order valence-electron chi connectivity index (χ1n) is 6.82. The van der Waals surface area contributed by atoms with Crippen molar-refractivity contribution < 1.29 is 13.9 Å². The van der Waals surface area contributed by atoms with E-state index in [-0.39, 0.29) is 11.6 Å². The van der Waals surface area contributed by atoms with Crippen molar-refractivity contribution >= 4 is 23.2 Å². The maximum atomic E-state index is 12.4. The van der Waals surface area contributed by atoms with E-state index in [4.69, 9.17) is 20.8 Å². The van der Waals surface area contributed by atoms with E-state index in [0.29, 0.717) is 27.8 Å². The van der Waals surface area contributed by atoms with Crippen LogP contribution in [0.1, 0.15) is 10.5 Å². The Balaban J connectivity index is 1.84. The van der Waals surface area contributed by atoms with Crippen LogP contribution in [0.25, 0.3) is 11.3 Å². The van der Waals surface area contributed by atoms with E-state index in [9.17, 15) is 4.79 Å². The van der Waals surface area contributed by atoms with Crippen molar-refractivity contribution in [2.45, 2.75) is 0 Å². The Morgan fingerprint density at radius 1 is 1.22 bits per heavy atom. The van der Waals surface area contributed by atoms with Gasteiger partial charge in [-0.3, -0.25) is 4.79 Å². The van der Waals surface area contributed by atoms with Gasteiger partial charge in [0.05, 0.1) is 7.11 Å². The molecule has 0 unspecified atom stereocenters. The molecule has 0 spiro atoms. The van der Waals surface area contributed by atoms with Crippen LogP contribution in [0.3, 0.4) is 0 Å². The third-order valence-electron chi connectivity index (χ3n) is 3.22. The number of halogens is 1. The average Bonchev–Trinajstić information content (AvgIpc) is 3.05. The number of methoxy groups -OCH3 is 1. The number of nitrogens with one attached hydrogen (secondary N) is 1. The molecular formula is C17H13ClN2O3. The lowest BCUT2D eigenvalue weighted by Gasteiger charge is -2.06. The second-order valence-electron chi connectivity index (χ2n) is 4.72. The molecule has 23 heavy (non-hydrogen) atoms. The highest BCUT2D eigenvalue weighted by molar-refractivity contribution is 6.30. The van der Waals surface area contributed by atoms with Crippen LogP contribution < -0.4 is 10.1 Å². The summed E-state index contributed by atoms with van der Waals surface area (Å²) in [5.41, 5.74) is 1.52. The fourth-order valence-corrected chi connectivity index (χ4v) is 2.30. The summed E-state index contributed by atoms with van der Waals surface area (Å²) < 4.78 is 10.4. The van der Waals surface area contributed by atoms with E-state index in [1.165, 1.54) is 6.39 Å². The van der Waals surface area contributed by atoms with Crippen LogP contribution in [-0.4, -0.2) is 18.0 Å². The van der Waals surface area contributed by atoms with Gasteiger partial charge in [0, 0.05) is 16.3 Å². The van der Waals surface area contributed by atoms with E-state index < -0.39 is 0 Å². The Labute approximate surface area is 137 Å². The summed E-state index contributed by atoms with van der Waals surface area (Å²) in [5.74, 6) is 0.724. The van der Waals surface area contributed by atoms with Crippen LogP contribution >= 0.6 is 11.6 Å². The zero-order valence-corrected chi connectivity index (χ0v) is 13.0. The van der Waals surface area contributed by atoms with Gasteiger partial charge in [-0.15, -0.1) is 0 Å². The number of benzene rings is 2. The van der Waals surface area contributed by atoms with Crippen LogP contribution in [0, 0.1) is 0 Å². The molecule has 0 saturated heterocycles. The lowest BCUT2D eigenvalue weighted by atomic mass is 10.1. The number of nitrogens with zero attached hydrogens (tertiary/aromatic N) is 1. The number of hydrogen-bond donors (Lipinski definition) is 1. The molecule has 1 heterocycles. The normalized spacial score (nSPS) is 10.3. The number of hydrogen-bond acceptors (Lipinski definition) is 4. The molecule has 116 valence electrons. The minimum atomic E-state index is -0.362. The number of amides is 1. The Hall–Kier alpha value is -2.79. The minimum absolute atomic E-state index is 0.197. The van der Waals surface area contributed by atoms with Gasteiger partial charge in [-0.25, -0.2) is 4.98 Å². The van der Waals surface area contributed by atoms with E-state index in [1.54, 1.807) is 55.6 Å². The Kier molecular flexibility index (Phi) is 4.30. The standard InChI is InChI=1S/C17H13ClN2O3/c1-22-14-7-5-13(6-8-14)20-17(21)15-16(23-10-19-15)11-3-2-4-12(18)9-11/h2-10H,1H3,(H,20,21). The summed E-state index contributed by atoms with van der Waals surface area (Å²) in [6.07, 6.45) is 1.24. The van der Waals surface area contributed by atoms with Gasteiger partial charge in [0.1, 0.15) is 5.75 Å². The quantitative estimate of drug-likeness (QED) is 0.777. The highest BCUT2D eigenvalue weighted by atomic mass is 35.5. The summed E-state index contributed by atoms with van der Waals surface area (Å²) in [5, 5.41) is 3.33. The summed E-state index contributed by atoms with van der Waals surface area (Å²) in [6.45, 7) is 0. The van der Waals surface area contributed by atoms with Crippen molar-refractivity contribution in [3.05, 3.63) is 65.6 Å². The van der Waals surface area contributed by atoms with Crippen LogP contribution in [0.4, 0.5) is 5.69 Å². The lowest BCUT2D eigenvalue weighted by Crippen LogP contribution is -2.13. The SMILES string of the molecule is COc1ccc(NC(=O)c2ncoc2-c2cccc(Cl)c2)cc1. The number of carbonyl (C=O) groups is 1. The third kappa shape index (κ3) is 3.35. The fourth-order valence-electron chi connectivity index (χ4n) is 2.11.